The molecule has 0 atom stereocenters. The third-order valence-corrected chi connectivity index (χ3v) is 5.12. The first-order valence-corrected chi connectivity index (χ1v) is 8.81. The summed E-state index contributed by atoms with van der Waals surface area (Å²) in [5.41, 5.74) is 2.76. The standard InChI is InChI=1S/C19H26N2O2/c22-19(23)17-8-4-5-9-18(17)21-14-12-20(13-15-21)11-10-16-6-2-1-3-7-16/h4-6,8-9H,1-3,7,10-15H2,(H,22,23). The summed E-state index contributed by atoms with van der Waals surface area (Å²) in [5, 5.41) is 11.3. The second kappa shape index (κ2) is 7.64. The van der Waals surface area contributed by atoms with Crippen LogP contribution in [0.15, 0.2) is 35.9 Å². The number of carboxylic acid groups (broad SMARTS) is 1. The number of hydrogen-bond donors (Lipinski definition) is 1. The second-order valence-corrected chi connectivity index (χ2v) is 6.65. The molecule has 0 aromatic heterocycles. The van der Waals surface area contributed by atoms with Gasteiger partial charge in [0.2, 0.25) is 0 Å². The van der Waals surface area contributed by atoms with Gasteiger partial charge in [-0.2, -0.15) is 0 Å². The fraction of sp³-hybridized carbons (Fsp3) is 0.526. The summed E-state index contributed by atoms with van der Waals surface area (Å²) in [7, 11) is 0. The Morgan fingerprint density at radius 3 is 2.65 bits per heavy atom. The van der Waals surface area contributed by atoms with Crippen molar-refractivity contribution in [3.8, 4) is 0 Å². The van der Waals surface area contributed by atoms with Gasteiger partial charge >= 0.3 is 0 Å². The molecule has 0 radical (unpaired) electrons. The highest BCUT2D eigenvalue weighted by Crippen LogP contribution is 2.20. The van der Waals surface area contributed by atoms with Crippen LogP contribution < -0.4 is 14.9 Å². The highest BCUT2D eigenvalue weighted by Gasteiger charge is 2.22. The van der Waals surface area contributed by atoms with Crippen molar-refractivity contribution in [2.45, 2.75) is 32.1 Å². The predicted molar refractivity (Wildman–Crippen MR) is 89.7 cm³/mol. The van der Waals surface area contributed by atoms with E-state index in [0.29, 0.717) is 5.56 Å². The predicted octanol–water partition coefficient (Wildman–Crippen LogP) is 0.646. The summed E-state index contributed by atoms with van der Waals surface area (Å²) in [6, 6.07) is 7.19. The quantitative estimate of drug-likeness (QED) is 0.812. The lowest BCUT2D eigenvalue weighted by Crippen LogP contribution is -3.14. The molecule has 1 aliphatic carbocycles. The number of anilines is 1. The van der Waals surface area contributed by atoms with E-state index in [2.05, 4.69) is 11.0 Å². The SMILES string of the molecule is O=C([O-])c1ccccc1N1CC[NH+](CCC2=CCCCC2)CC1. The molecule has 0 spiro atoms. The van der Waals surface area contributed by atoms with Gasteiger partial charge < -0.3 is 19.7 Å². The first kappa shape index (κ1) is 16.1. The zero-order chi connectivity index (χ0) is 16.1. The molecule has 1 aromatic rings. The Morgan fingerprint density at radius 2 is 1.96 bits per heavy atom. The zero-order valence-corrected chi connectivity index (χ0v) is 13.7. The van der Waals surface area contributed by atoms with Crippen LogP contribution in [-0.2, 0) is 0 Å². The average Bonchev–Trinajstić information content (AvgIpc) is 2.61. The topological polar surface area (TPSA) is 47.8 Å². The number of carbonyl (C=O) groups excluding carboxylic acids is 1. The lowest BCUT2D eigenvalue weighted by atomic mass is 9.97. The van der Waals surface area contributed by atoms with E-state index in [0.717, 1.165) is 31.9 Å². The van der Waals surface area contributed by atoms with Crippen LogP contribution in [0.5, 0.6) is 0 Å². The maximum Gasteiger partial charge on any atom is 0.0949 e. The minimum atomic E-state index is -1.08. The second-order valence-electron chi connectivity index (χ2n) is 6.65. The van der Waals surface area contributed by atoms with Gasteiger partial charge in [0.1, 0.15) is 0 Å². The van der Waals surface area contributed by atoms with E-state index in [4.69, 9.17) is 0 Å². The van der Waals surface area contributed by atoms with Gasteiger partial charge in [0.05, 0.1) is 38.7 Å². The number of nitrogens with zero attached hydrogens (tertiary/aromatic N) is 1. The largest absolute Gasteiger partial charge is 0.545 e. The minimum absolute atomic E-state index is 0.309. The Hall–Kier alpha value is -1.81. The molecule has 0 bridgehead atoms. The van der Waals surface area contributed by atoms with E-state index in [1.54, 1.807) is 22.6 Å². The molecule has 0 amide bonds. The third kappa shape index (κ3) is 4.14. The molecule has 4 heteroatoms. The molecule has 2 aliphatic rings. The molecule has 1 fully saturated rings. The van der Waals surface area contributed by atoms with E-state index < -0.39 is 5.97 Å². The van der Waals surface area contributed by atoms with Gasteiger partial charge in [-0.25, -0.2) is 0 Å². The molecule has 3 rings (SSSR count). The van der Waals surface area contributed by atoms with Crippen molar-refractivity contribution in [1.29, 1.82) is 0 Å². The number of quaternary nitrogens is 1. The highest BCUT2D eigenvalue weighted by molar-refractivity contribution is 5.93. The summed E-state index contributed by atoms with van der Waals surface area (Å²) in [5.74, 6) is -1.08. The zero-order valence-electron chi connectivity index (χ0n) is 13.7. The molecule has 1 aromatic carbocycles. The van der Waals surface area contributed by atoms with Crippen LogP contribution in [0.3, 0.4) is 0 Å². The smallest absolute Gasteiger partial charge is 0.0949 e. The number of benzene rings is 1. The van der Waals surface area contributed by atoms with Crippen LogP contribution in [0.1, 0.15) is 42.5 Å². The lowest BCUT2D eigenvalue weighted by molar-refractivity contribution is -0.900. The molecular formula is C19H26N2O2. The summed E-state index contributed by atoms with van der Waals surface area (Å²) in [6.07, 6.45) is 8.93. The fourth-order valence-corrected chi connectivity index (χ4v) is 3.70. The number of rotatable bonds is 5. The number of aromatic carboxylic acids is 1. The van der Waals surface area contributed by atoms with Crippen LogP contribution in [-0.4, -0.2) is 38.7 Å². The molecule has 4 nitrogen and oxygen atoms in total. The third-order valence-electron chi connectivity index (χ3n) is 5.12. The number of carboxylic acids is 1. The normalized spacial score (nSPS) is 19.5. The first-order valence-electron chi connectivity index (χ1n) is 8.81. The maximum atomic E-state index is 11.3. The number of nitrogens with one attached hydrogen (secondary N) is 1. The van der Waals surface area contributed by atoms with Crippen molar-refractivity contribution in [1.82, 2.24) is 0 Å². The minimum Gasteiger partial charge on any atom is -0.545 e. The highest BCUT2D eigenvalue weighted by atomic mass is 16.4. The molecule has 1 heterocycles. The van der Waals surface area contributed by atoms with E-state index in [1.165, 1.54) is 38.6 Å². The lowest BCUT2D eigenvalue weighted by Gasteiger charge is -2.35. The Kier molecular flexibility index (Phi) is 5.34. The van der Waals surface area contributed by atoms with Crippen molar-refractivity contribution >= 4 is 11.7 Å². The number of piperazine rings is 1. The number of hydrogen-bond acceptors (Lipinski definition) is 3. The molecule has 0 unspecified atom stereocenters. The summed E-state index contributed by atoms with van der Waals surface area (Å²) in [4.78, 5) is 15.1. The van der Waals surface area contributed by atoms with Crippen LogP contribution in [0.4, 0.5) is 5.69 Å². The van der Waals surface area contributed by atoms with Gasteiger partial charge in [0, 0.05) is 17.7 Å². The molecule has 1 aliphatic heterocycles. The number of allylic oxidation sites excluding steroid dienone is 1. The molecule has 0 saturated carbocycles. The van der Waals surface area contributed by atoms with Gasteiger partial charge in [-0.15, -0.1) is 0 Å². The van der Waals surface area contributed by atoms with Crippen molar-refractivity contribution in [2.24, 2.45) is 0 Å². The monoisotopic (exact) mass is 314 g/mol. The van der Waals surface area contributed by atoms with Gasteiger partial charge in [0.15, 0.2) is 0 Å². The summed E-state index contributed by atoms with van der Waals surface area (Å²) < 4.78 is 0. The fourth-order valence-electron chi connectivity index (χ4n) is 3.70. The Bertz CT molecular complexity index is 574. The Balaban J connectivity index is 1.52. The van der Waals surface area contributed by atoms with E-state index >= 15 is 0 Å². The van der Waals surface area contributed by atoms with E-state index in [1.807, 2.05) is 12.1 Å². The maximum absolute atomic E-state index is 11.3. The van der Waals surface area contributed by atoms with Crippen LogP contribution in [0, 0.1) is 0 Å². The summed E-state index contributed by atoms with van der Waals surface area (Å²) >= 11 is 0. The van der Waals surface area contributed by atoms with Crippen molar-refractivity contribution < 1.29 is 14.8 Å². The molecular weight excluding hydrogens is 288 g/mol. The first-order chi connectivity index (χ1) is 11.2. The van der Waals surface area contributed by atoms with Crippen molar-refractivity contribution in [3.63, 3.8) is 0 Å². The average molecular weight is 314 g/mol. The van der Waals surface area contributed by atoms with Gasteiger partial charge in [-0.1, -0.05) is 29.8 Å². The summed E-state index contributed by atoms with van der Waals surface area (Å²) in [6.45, 7) is 5.20. The van der Waals surface area contributed by atoms with Gasteiger partial charge in [-0.05, 0) is 31.7 Å². The van der Waals surface area contributed by atoms with Crippen LogP contribution in [0.25, 0.3) is 0 Å². The Morgan fingerprint density at radius 1 is 1.17 bits per heavy atom. The van der Waals surface area contributed by atoms with E-state index in [9.17, 15) is 9.90 Å². The van der Waals surface area contributed by atoms with Crippen molar-refractivity contribution in [3.05, 3.63) is 41.5 Å². The van der Waals surface area contributed by atoms with Crippen LogP contribution in [0.2, 0.25) is 0 Å². The molecule has 1 N–H and O–H groups in total. The molecule has 1 saturated heterocycles. The Labute approximate surface area is 138 Å². The molecule has 23 heavy (non-hydrogen) atoms. The van der Waals surface area contributed by atoms with E-state index in [-0.39, 0.29) is 0 Å². The van der Waals surface area contributed by atoms with Crippen molar-refractivity contribution in [2.75, 3.05) is 37.6 Å². The van der Waals surface area contributed by atoms with Gasteiger partial charge in [-0.3, -0.25) is 0 Å². The van der Waals surface area contributed by atoms with Gasteiger partial charge in [0.25, 0.3) is 0 Å². The number of para-hydroxylation sites is 1. The van der Waals surface area contributed by atoms with Crippen LogP contribution >= 0.6 is 0 Å². The number of carbonyl (C=O) groups is 1. The molecule has 124 valence electrons.